The number of nitrogens with one attached hydrogen (secondary N) is 1. The Morgan fingerprint density at radius 1 is 1.19 bits per heavy atom. The van der Waals surface area contributed by atoms with Gasteiger partial charge in [-0.05, 0) is 24.5 Å². The monoisotopic (exact) mass is 308 g/mol. The molecule has 1 rings (SSSR count). The second-order valence-electron chi connectivity index (χ2n) is 5.58. The van der Waals surface area contributed by atoms with E-state index in [9.17, 15) is 9.59 Å². The number of rotatable bonds is 7. The topological polar surface area (TPSA) is 49.4 Å². The van der Waals surface area contributed by atoms with Crippen molar-refractivity contribution in [1.29, 1.82) is 0 Å². The van der Waals surface area contributed by atoms with Crippen LogP contribution in [0.15, 0.2) is 35.2 Å². The maximum Gasteiger partial charge on any atom is 0.244 e. The molecule has 4 nitrogen and oxygen atoms in total. The van der Waals surface area contributed by atoms with Gasteiger partial charge in [-0.25, -0.2) is 0 Å². The highest BCUT2D eigenvalue weighted by molar-refractivity contribution is 8.00. The Kier molecular flexibility index (Phi) is 7.29. The minimum Gasteiger partial charge on any atom is -0.347 e. The predicted molar refractivity (Wildman–Crippen MR) is 87.2 cm³/mol. The van der Waals surface area contributed by atoms with E-state index >= 15 is 0 Å². The number of hydrogen-bond donors (Lipinski definition) is 1. The van der Waals surface area contributed by atoms with Gasteiger partial charge >= 0.3 is 0 Å². The van der Waals surface area contributed by atoms with Crippen LogP contribution < -0.4 is 5.32 Å². The quantitative estimate of drug-likeness (QED) is 0.787. The van der Waals surface area contributed by atoms with E-state index in [0.717, 1.165) is 4.90 Å². The van der Waals surface area contributed by atoms with Crippen LogP contribution in [0, 0.1) is 5.92 Å². The summed E-state index contributed by atoms with van der Waals surface area (Å²) in [4.78, 5) is 26.7. The summed E-state index contributed by atoms with van der Waals surface area (Å²) in [6, 6.07) is 9.32. The molecule has 0 saturated heterocycles. The summed E-state index contributed by atoms with van der Waals surface area (Å²) in [5, 5.41) is 2.85. The van der Waals surface area contributed by atoms with E-state index in [0.29, 0.717) is 18.1 Å². The number of thioether (sulfide) groups is 1. The number of carbonyl (C=O) groups excluding carboxylic acids is 2. The molecule has 21 heavy (non-hydrogen) atoms. The van der Waals surface area contributed by atoms with Gasteiger partial charge in [0.15, 0.2) is 0 Å². The predicted octanol–water partition coefficient (Wildman–Crippen LogP) is 2.40. The van der Waals surface area contributed by atoms with Crippen molar-refractivity contribution >= 4 is 23.6 Å². The van der Waals surface area contributed by atoms with Crippen LogP contribution >= 0.6 is 11.8 Å². The molecule has 0 radical (unpaired) electrons. The molecule has 1 atom stereocenters. The van der Waals surface area contributed by atoms with Crippen LogP contribution in [-0.4, -0.2) is 42.6 Å². The Bertz CT molecular complexity index is 461. The van der Waals surface area contributed by atoms with Crippen molar-refractivity contribution in [1.82, 2.24) is 10.2 Å². The van der Waals surface area contributed by atoms with Gasteiger partial charge < -0.3 is 10.2 Å². The number of benzene rings is 1. The molecule has 0 aliphatic heterocycles. The second kappa shape index (κ2) is 8.72. The second-order valence-corrected chi connectivity index (χ2v) is 6.63. The van der Waals surface area contributed by atoms with Crippen LogP contribution in [0.2, 0.25) is 0 Å². The van der Waals surface area contributed by atoms with Crippen molar-refractivity contribution < 1.29 is 9.59 Å². The van der Waals surface area contributed by atoms with Gasteiger partial charge in [0.2, 0.25) is 11.8 Å². The highest BCUT2D eigenvalue weighted by Crippen LogP contribution is 2.16. The third kappa shape index (κ3) is 6.67. The SMILES string of the molecule is CC(C)C[C@@H](NC(=O)CSc1ccccc1)C(=O)N(C)C. The average Bonchev–Trinajstić information content (AvgIpc) is 2.44. The molecule has 0 fully saturated rings. The van der Waals surface area contributed by atoms with Crippen LogP contribution in [0.1, 0.15) is 20.3 Å². The van der Waals surface area contributed by atoms with Crippen molar-refractivity contribution in [2.24, 2.45) is 5.92 Å². The first-order valence-corrected chi connectivity index (χ1v) is 8.07. The molecule has 1 aromatic carbocycles. The van der Waals surface area contributed by atoms with Crippen LogP contribution in [0.3, 0.4) is 0 Å². The smallest absolute Gasteiger partial charge is 0.244 e. The van der Waals surface area contributed by atoms with Crippen LogP contribution in [0.4, 0.5) is 0 Å². The highest BCUT2D eigenvalue weighted by Gasteiger charge is 2.23. The molecule has 0 unspecified atom stereocenters. The first-order valence-electron chi connectivity index (χ1n) is 7.08. The molecule has 1 N–H and O–H groups in total. The normalized spacial score (nSPS) is 12.0. The third-order valence-corrected chi connectivity index (χ3v) is 3.91. The van der Waals surface area contributed by atoms with E-state index in [2.05, 4.69) is 5.32 Å². The van der Waals surface area contributed by atoms with Crippen molar-refractivity contribution in [2.45, 2.75) is 31.2 Å². The molecule has 0 aliphatic rings. The average molecular weight is 308 g/mol. The first-order chi connectivity index (χ1) is 9.90. The Hall–Kier alpha value is -1.49. The summed E-state index contributed by atoms with van der Waals surface area (Å²) in [5.74, 6) is 0.506. The summed E-state index contributed by atoms with van der Waals surface area (Å²) >= 11 is 1.47. The lowest BCUT2D eigenvalue weighted by Gasteiger charge is -2.23. The van der Waals surface area contributed by atoms with Crippen molar-refractivity contribution in [3.8, 4) is 0 Å². The molecule has 0 aromatic heterocycles. The molecular formula is C16H24N2O2S. The Balaban J connectivity index is 2.53. The van der Waals surface area contributed by atoms with Gasteiger partial charge in [0.05, 0.1) is 5.75 Å². The van der Waals surface area contributed by atoms with Gasteiger partial charge in [-0.3, -0.25) is 9.59 Å². The van der Waals surface area contributed by atoms with Gasteiger partial charge in [-0.15, -0.1) is 11.8 Å². The van der Waals surface area contributed by atoms with Crippen LogP contribution in [-0.2, 0) is 9.59 Å². The zero-order valence-electron chi connectivity index (χ0n) is 13.1. The maximum absolute atomic E-state index is 12.1. The number of carbonyl (C=O) groups is 2. The molecule has 116 valence electrons. The minimum atomic E-state index is -0.441. The Labute approximate surface area is 131 Å². The van der Waals surface area contributed by atoms with Crippen molar-refractivity contribution in [3.63, 3.8) is 0 Å². The van der Waals surface area contributed by atoms with Crippen LogP contribution in [0.5, 0.6) is 0 Å². The summed E-state index contributed by atoms with van der Waals surface area (Å²) in [5.41, 5.74) is 0. The molecule has 0 saturated carbocycles. The van der Waals surface area contributed by atoms with E-state index < -0.39 is 6.04 Å². The lowest BCUT2D eigenvalue weighted by atomic mass is 10.0. The van der Waals surface area contributed by atoms with E-state index in [4.69, 9.17) is 0 Å². The Morgan fingerprint density at radius 2 is 1.81 bits per heavy atom. The van der Waals surface area contributed by atoms with Crippen molar-refractivity contribution in [3.05, 3.63) is 30.3 Å². The molecule has 2 amide bonds. The number of hydrogen-bond acceptors (Lipinski definition) is 3. The largest absolute Gasteiger partial charge is 0.347 e. The van der Waals surface area contributed by atoms with Crippen molar-refractivity contribution in [2.75, 3.05) is 19.8 Å². The molecule has 1 aromatic rings. The first kappa shape index (κ1) is 17.6. The molecule has 5 heteroatoms. The lowest BCUT2D eigenvalue weighted by Crippen LogP contribution is -2.47. The number of amides is 2. The fraction of sp³-hybridized carbons (Fsp3) is 0.500. The molecule has 0 bridgehead atoms. The van der Waals surface area contributed by atoms with E-state index in [-0.39, 0.29) is 11.8 Å². The van der Waals surface area contributed by atoms with Crippen LogP contribution in [0.25, 0.3) is 0 Å². The molecular weight excluding hydrogens is 284 g/mol. The van der Waals surface area contributed by atoms with E-state index in [1.165, 1.54) is 16.7 Å². The summed E-state index contributed by atoms with van der Waals surface area (Å²) in [6.07, 6.45) is 0.652. The van der Waals surface area contributed by atoms with Gasteiger partial charge in [0.1, 0.15) is 6.04 Å². The lowest BCUT2D eigenvalue weighted by molar-refractivity contribution is -0.134. The Morgan fingerprint density at radius 3 is 2.33 bits per heavy atom. The van der Waals surface area contributed by atoms with E-state index in [1.807, 2.05) is 44.2 Å². The number of nitrogens with zero attached hydrogens (tertiary/aromatic N) is 1. The summed E-state index contributed by atoms with van der Waals surface area (Å²) in [6.45, 7) is 4.08. The minimum absolute atomic E-state index is 0.0539. The standard InChI is InChI=1S/C16H24N2O2S/c1-12(2)10-14(16(20)18(3)4)17-15(19)11-21-13-8-6-5-7-9-13/h5-9,12,14H,10-11H2,1-4H3,(H,17,19)/t14-/m1/s1. The van der Waals surface area contributed by atoms with Gasteiger partial charge in [0, 0.05) is 19.0 Å². The fourth-order valence-electron chi connectivity index (χ4n) is 1.91. The molecule has 0 heterocycles. The molecule has 0 aliphatic carbocycles. The maximum atomic E-state index is 12.1. The highest BCUT2D eigenvalue weighted by atomic mass is 32.2. The summed E-state index contributed by atoms with van der Waals surface area (Å²) < 4.78 is 0. The fourth-order valence-corrected chi connectivity index (χ4v) is 2.64. The number of likely N-dealkylation sites (N-methyl/N-ethyl adjacent to an activating group) is 1. The third-order valence-electron chi connectivity index (χ3n) is 2.89. The van der Waals surface area contributed by atoms with E-state index in [1.54, 1.807) is 14.1 Å². The zero-order chi connectivity index (χ0) is 15.8. The van der Waals surface area contributed by atoms with Gasteiger partial charge in [-0.2, -0.15) is 0 Å². The van der Waals surface area contributed by atoms with Gasteiger partial charge in [0.25, 0.3) is 0 Å². The van der Waals surface area contributed by atoms with Gasteiger partial charge in [-0.1, -0.05) is 32.0 Å². The zero-order valence-corrected chi connectivity index (χ0v) is 13.9. The summed E-state index contributed by atoms with van der Waals surface area (Å²) in [7, 11) is 3.42. The molecule has 0 spiro atoms.